The van der Waals surface area contributed by atoms with Gasteiger partial charge in [0.1, 0.15) is 6.04 Å². The van der Waals surface area contributed by atoms with E-state index in [2.05, 4.69) is 33.8 Å². The number of carbonyl (C=O) groups excluding carboxylic acids is 3. The van der Waals surface area contributed by atoms with Gasteiger partial charge < -0.3 is 20.9 Å². The largest absolute Gasteiger partial charge is 0.371 e. The number of hydrogen-bond donors (Lipinski definition) is 3. The van der Waals surface area contributed by atoms with Crippen molar-refractivity contribution < 1.29 is 14.4 Å². The first-order valence-electron chi connectivity index (χ1n) is 11.8. The summed E-state index contributed by atoms with van der Waals surface area (Å²) in [6, 6.07) is 14.3. The van der Waals surface area contributed by atoms with Crippen molar-refractivity contribution in [3.63, 3.8) is 0 Å². The summed E-state index contributed by atoms with van der Waals surface area (Å²) in [5.74, 6) is -0.603. The highest BCUT2D eigenvalue weighted by atomic mass is 16.2. The standard InChI is InChI=1S/C26H34N4O3/c1-3-4-10-24(29-25(32)21-13-11-20(12-14-21)18-27-19(2)31)26(33)28-22-8-7-9-23(17-22)30-15-5-6-16-30/h7-9,11-14,17,24H,3-6,10,15-16,18H2,1-2H3,(H,27,31)(H,28,33)(H,29,32). The van der Waals surface area contributed by atoms with E-state index in [1.807, 2.05) is 18.2 Å². The van der Waals surface area contributed by atoms with E-state index in [0.717, 1.165) is 42.9 Å². The second-order valence-electron chi connectivity index (χ2n) is 8.51. The molecule has 0 saturated carbocycles. The SMILES string of the molecule is CCCCC(NC(=O)c1ccc(CNC(C)=O)cc1)C(=O)Nc1cccc(N2CCCC2)c1. The Morgan fingerprint density at radius 2 is 1.76 bits per heavy atom. The third-order valence-electron chi connectivity index (χ3n) is 5.81. The van der Waals surface area contributed by atoms with Gasteiger partial charge in [0.25, 0.3) is 5.91 Å². The minimum absolute atomic E-state index is 0.104. The molecule has 1 aliphatic rings. The van der Waals surface area contributed by atoms with E-state index >= 15 is 0 Å². The lowest BCUT2D eigenvalue weighted by Crippen LogP contribution is -2.43. The normalized spacial score (nSPS) is 13.9. The molecule has 3 amide bonds. The molecule has 0 bridgehead atoms. The monoisotopic (exact) mass is 450 g/mol. The van der Waals surface area contributed by atoms with Crippen LogP contribution in [0.4, 0.5) is 11.4 Å². The van der Waals surface area contributed by atoms with Crippen LogP contribution in [-0.2, 0) is 16.1 Å². The molecule has 33 heavy (non-hydrogen) atoms. The third kappa shape index (κ3) is 7.34. The number of rotatable bonds is 10. The van der Waals surface area contributed by atoms with Gasteiger partial charge in [-0.25, -0.2) is 0 Å². The van der Waals surface area contributed by atoms with Gasteiger partial charge in [0, 0.05) is 43.5 Å². The molecule has 3 N–H and O–H groups in total. The van der Waals surface area contributed by atoms with E-state index in [1.165, 1.54) is 19.8 Å². The summed E-state index contributed by atoms with van der Waals surface area (Å²) in [5.41, 5.74) is 3.23. The number of hydrogen-bond acceptors (Lipinski definition) is 4. The van der Waals surface area contributed by atoms with Gasteiger partial charge in [-0.2, -0.15) is 0 Å². The Balaban J connectivity index is 1.63. The Morgan fingerprint density at radius 3 is 2.42 bits per heavy atom. The van der Waals surface area contributed by atoms with Crippen LogP contribution in [-0.4, -0.2) is 36.9 Å². The maximum Gasteiger partial charge on any atom is 0.251 e. The van der Waals surface area contributed by atoms with Crippen molar-refractivity contribution in [3.05, 3.63) is 59.7 Å². The fourth-order valence-electron chi connectivity index (χ4n) is 3.90. The molecule has 1 aliphatic heterocycles. The minimum Gasteiger partial charge on any atom is -0.371 e. The van der Waals surface area contributed by atoms with Crippen LogP contribution < -0.4 is 20.9 Å². The van der Waals surface area contributed by atoms with Crippen LogP contribution >= 0.6 is 0 Å². The van der Waals surface area contributed by atoms with E-state index < -0.39 is 6.04 Å². The second-order valence-corrected chi connectivity index (χ2v) is 8.51. The molecule has 176 valence electrons. The van der Waals surface area contributed by atoms with Crippen molar-refractivity contribution in [3.8, 4) is 0 Å². The van der Waals surface area contributed by atoms with Crippen LogP contribution in [0.3, 0.4) is 0 Å². The van der Waals surface area contributed by atoms with Crippen molar-refractivity contribution in [1.82, 2.24) is 10.6 Å². The number of amides is 3. The van der Waals surface area contributed by atoms with Gasteiger partial charge >= 0.3 is 0 Å². The van der Waals surface area contributed by atoms with Crippen LogP contribution in [0.15, 0.2) is 48.5 Å². The van der Waals surface area contributed by atoms with Gasteiger partial charge in [-0.3, -0.25) is 14.4 Å². The smallest absolute Gasteiger partial charge is 0.251 e. The van der Waals surface area contributed by atoms with Crippen LogP contribution in [0.1, 0.15) is 61.9 Å². The highest BCUT2D eigenvalue weighted by molar-refractivity contribution is 6.01. The van der Waals surface area contributed by atoms with Crippen LogP contribution in [0, 0.1) is 0 Å². The number of anilines is 2. The van der Waals surface area contributed by atoms with E-state index in [9.17, 15) is 14.4 Å². The molecule has 0 spiro atoms. The second kappa shape index (κ2) is 12.0. The highest BCUT2D eigenvalue weighted by Crippen LogP contribution is 2.23. The zero-order chi connectivity index (χ0) is 23.6. The number of nitrogens with zero attached hydrogens (tertiary/aromatic N) is 1. The highest BCUT2D eigenvalue weighted by Gasteiger charge is 2.22. The first-order chi connectivity index (χ1) is 16.0. The summed E-state index contributed by atoms with van der Waals surface area (Å²) in [6.45, 7) is 6.01. The van der Waals surface area contributed by atoms with Gasteiger partial charge in [0.2, 0.25) is 11.8 Å². The molecule has 1 fully saturated rings. The van der Waals surface area contributed by atoms with E-state index in [0.29, 0.717) is 18.5 Å². The summed E-state index contributed by atoms with van der Waals surface area (Å²) < 4.78 is 0. The molecular weight excluding hydrogens is 416 g/mol. The number of carbonyl (C=O) groups is 3. The molecule has 7 nitrogen and oxygen atoms in total. The molecule has 2 aromatic rings. The van der Waals surface area contributed by atoms with Gasteiger partial charge in [0.05, 0.1) is 0 Å². The van der Waals surface area contributed by atoms with Crippen molar-refractivity contribution in [1.29, 1.82) is 0 Å². The topological polar surface area (TPSA) is 90.5 Å². The lowest BCUT2D eigenvalue weighted by Gasteiger charge is -2.21. The average Bonchev–Trinajstić information content (AvgIpc) is 3.36. The fourth-order valence-corrected chi connectivity index (χ4v) is 3.90. The Labute approximate surface area is 195 Å². The predicted molar refractivity (Wildman–Crippen MR) is 131 cm³/mol. The van der Waals surface area contributed by atoms with Crippen molar-refractivity contribution >= 4 is 29.1 Å². The van der Waals surface area contributed by atoms with Gasteiger partial charge in [-0.05, 0) is 55.2 Å². The third-order valence-corrected chi connectivity index (χ3v) is 5.81. The first kappa shape index (κ1) is 24.3. The summed E-state index contributed by atoms with van der Waals surface area (Å²) >= 11 is 0. The van der Waals surface area contributed by atoms with Crippen LogP contribution in [0.5, 0.6) is 0 Å². The van der Waals surface area contributed by atoms with Gasteiger partial charge in [-0.15, -0.1) is 0 Å². The maximum atomic E-state index is 13.0. The number of unbranched alkanes of at least 4 members (excludes halogenated alkanes) is 1. The zero-order valence-corrected chi connectivity index (χ0v) is 19.5. The van der Waals surface area contributed by atoms with E-state index in [-0.39, 0.29) is 17.7 Å². The number of benzene rings is 2. The Bertz CT molecular complexity index is 952. The van der Waals surface area contributed by atoms with Gasteiger partial charge in [0.15, 0.2) is 0 Å². The van der Waals surface area contributed by atoms with E-state index in [4.69, 9.17) is 0 Å². The molecule has 1 saturated heterocycles. The Kier molecular flexibility index (Phi) is 8.87. The molecule has 0 aliphatic carbocycles. The lowest BCUT2D eigenvalue weighted by atomic mass is 10.1. The average molecular weight is 451 g/mol. The van der Waals surface area contributed by atoms with E-state index in [1.54, 1.807) is 24.3 Å². The molecule has 2 aromatic carbocycles. The van der Waals surface area contributed by atoms with Crippen molar-refractivity contribution in [2.75, 3.05) is 23.3 Å². The molecule has 3 rings (SSSR count). The molecule has 1 heterocycles. The molecule has 0 aromatic heterocycles. The van der Waals surface area contributed by atoms with Crippen molar-refractivity contribution in [2.24, 2.45) is 0 Å². The minimum atomic E-state index is -0.619. The molecule has 7 heteroatoms. The Morgan fingerprint density at radius 1 is 1.03 bits per heavy atom. The molecule has 1 atom stereocenters. The van der Waals surface area contributed by atoms with Gasteiger partial charge in [-0.1, -0.05) is 38.0 Å². The summed E-state index contributed by atoms with van der Waals surface area (Å²) in [6.07, 6.45) is 4.72. The Hall–Kier alpha value is -3.35. The fraction of sp³-hybridized carbons (Fsp3) is 0.423. The molecular formula is C26H34N4O3. The lowest BCUT2D eigenvalue weighted by molar-refractivity contribution is -0.119. The molecule has 1 unspecified atom stereocenters. The summed E-state index contributed by atoms with van der Waals surface area (Å²) in [7, 11) is 0. The van der Waals surface area contributed by atoms with Crippen LogP contribution in [0.25, 0.3) is 0 Å². The van der Waals surface area contributed by atoms with Crippen LogP contribution in [0.2, 0.25) is 0 Å². The number of nitrogens with one attached hydrogen (secondary N) is 3. The predicted octanol–water partition coefficient (Wildman–Crippen LogP) is 3.85. The quantitative estimate of drug-likeness (QED) is 0.513. The zero-order valence-electron chi connectivity index (χ0n) is 19.5. The first-order valence-corrected chi connectivity index (χ1v) is 11.8. The molecule has 0 radical (unpaired) electrons. The van der Waals surface area contributed by atoms with Crippen molar-refractivity contribution in [2.45, 2.75) is 58.5 Å². The summed E-state index contributed by atoms with van der Waals surface area (Å²) in [4.78, 5) is 39.2. The summed E-state index contributed by atoms with van der Waals surface area (Å²) in [5, 5.41) is 8.61. The maximum absolute atomic E-state index is 13.0.